The van der Waals surface area contributed by atoms with E-state index in [1.165, 1.54) is 42.5 Å². The molecule has 2 rings (SSSR count). The predicted octanol–water partition coefficient (Wildman–Crippen LogP) is 4.07. The lowest BCUT2D eigenvalue weighted by molar-refractivity contribution is 0.274. The number of nitrogens with two attached hydrogens (primary N) is 1. The van der Waals surface area contributed by atoms with Gasteiger partial charge in [0.2, 0.25) is 0 Å². The third-order valence-corrected chi connectivity index (χ3v) is 4.77. The van der Waals surface area contributed by atoms with E-state index in [-0.39, 0.29) is 0 Å². The Morgan fingerprint density at radius 3 is 2.88 bits per heavy atom. The molecule has 2 N–H and O–H groups in total. The number of rotatable bonds is 3. The molecule has 1 nitrogen and oxygen atoms in total. The van der Waals surface area contributed by atoms with Crippen LogP contribution in [0.1, 0.15) is 55.4 Å². The van der Waals surface area contributed by atoms with Gasteiger partial charge in [-0.15, -0.1) is 11.3 Å². The zero-order chi connectivity index (χ0) is 11.5. The average Bonchev–Trinajstić information content (AvgIpc) is 2.68. The highest BCUT2D eigenvalue weighted by Crippen LogP contribution is 2.38. The van der Waals surface area contributed by atoms with Gasteiger partial charge in [-0.1, -0.05) is 19.8 Å². The first kappa shape index (κ1) is 12.1. The molecule has 0 saturated heterocycles. The van der Waals surface area contributed by atoms with E-state index in [1.807, 2.05) is 11.3 Å². The molecule has 0 aromatic carbocycles. The topological polar surface area (TPSA) is 26.0 Å². The van der Waals surface area contributed by atoms with Crippen LogP contribution >= 0.6 is 11.3 Å². The second-order valence-corrected chi connectivity index (χ2v) is 6.34. The standard InChI is InChI=1S/C14H23NS/c1-3-4-11-5-6-14(15)13(8-11)12-7-10(2)16-9-12/h7,9,11,13-14H,3-6,8,15H2,1-2H3. The molecular weight excluding hydrogens is 214 g/mol. The summed E-state index contributed by atoms with van der Waals surface area (Å²) in [5.41, 5.74) is 7.78. The lowest BCUT2D eigenvalue weighted by atomic mass is 9.74. The van der Waals surface area contributed by atoms with Gasteiger partial charge >= 0.3 is 0 Å². The molecular formula is C14H23NS. The minimum absolute atomic E-state index is 0.391. The quantitative estimate of drug-likeness (QED) is 0.842. The van der Waals surface area contributed by atoms with Crippen molar-refractivity contribution in [2.24, 2.45) is 11.7 Å². The second kappa shape index (κ2) is 5.33. The van der Waals surface area contributed by atoms with Crippen molar-refractivity contribution in [3.05, 3.63) is 21.9 Å². The third kappa shape index (κ3) is 2.67. The van der Waals surface area contributed by atoms with Crippen molar-refractivity contribution in [2.75, 3.05) is 0 Å². The van der Waals surface area contributed by atoms with Gasteiger partial charge < -0.3 is 5.73 Å². The van der Waals surface area contributed by atoms with Crippen molar-refractivity contribution in [3.63, 3.8) is 0 Å². The smallest absolute Gasteiger partial charge is 0.0108 e. The van der Waals surface area contributed by atoms with Crippen LogP contribution in [0.5, 0.6) is 0 Å². The SMILES string of the molecule is CCCC1CCC(N)C(c2csc(C)c2)C1. The van der Waals surface area contributed by atoms with Gasteiger partial charge in [-0.3, -0.25) is 0 Å². The molecule has 1 fully saturated rings. The van der Waals surface area contributed by atoms with Crippen LogP contribution < -0.4 is 5.73 Å². The molecule has 1 aromatic rings. The monoisotopic (exact) mass is 237 g/mol. The number of hydrogen-bond donors (Lipinski definition) is 1. The fourth-order valence-electron chi connectivity index (χ4n) is 2.99. The van der Waals surface area contributed by atoms with Gasteiger partial charge in [0, 0.05) is 16.8 Å². The molecule has 1 aliphatic rings. The Balaban J connectivity index is 2.06. The first-order valence-electron chi connectivity index (χ1n) is 6.51. The van der Waals surface area contributed by atoms with Crippen LogP contribution in [0.3, 0.4) is 0 Å². The summed E-state index contributed by atoms with van der Waals surface area (Å²) in [6, 6.07) is 2.73. The van der Waals surface area contributed by atoms with Crippen LogP contribution in [0, 0.1) is 12.8 Å². The van der Waals surface area contributed by atoms with Gasteiger partial charge in [-0.05, 0) is 49.1 Å². The predicted molar refractivity (Wildman–Crippen MR) is 72.0 cm³/mol. The van der Waals surface area contributed by atoms with Crippen molar-refractivity contribution in [1.82, 2.24) is 0 Å². The van der Waals surface area contributed by atoms with Crippen LogP contribution in [-0.2, 0) is 0 Å². The highest BCUT2D eigenvalue weighted by molar-refractivity contribution is 7.10. The van der Waals surface area contributed by atoms with Gasteiger partial charge in [0.1, 0.15) is 0 Å². The van der Waals surface area contributed by atoms with E-state index < -0.39 is 0 Å². The molecule has 0 spiro atoms. The molecule has 90 valence electrons. The molecule has 0 aliphatic heterocycles. The van der Waals surface area contributed by atoms with Gasteiger partial charge in [0.15, 0.2) is 0 Å². The first-order chi connectivity index (χ1) is 7.70. The number of aryl methyl sites for hydroxylation is 1. The molecule has 0 bridgehead atoms. The summed E-state index contributed by atoms with van der Waals surface area (Å²) in [5, 5.41) is 2.31. The minimum atomic E-state index is 0.391. The molecule has 1 saturated carbocycles. The van der Waals surface area contributed by atoms with E-state index in [9.17, 15) is 0 Å². The molecule has 3 unspecified atom stereocenters. The Kier molecular flexibility index (Phi) is 4.04. The Morgan fingerprint density at radius 2 is 2.25 bits per heavy atom. The van der Waals surface area contributed by atoms with Gasteiger partial charge in [0.05, 0.1) is 0 Å². The lowest BCUT2D eigenvalue weighted by Crippen LogP contribution is -2.34. The summed E-state index contributed by atoms with van der Waals surface area (Å²) >= 11 is 1.86. The lowest BCUT2D eigenvalue weighted by Gasteiger charge is -2.34. The summed E-state index contributed by atoms with van der Waals surface area (Å²) in [4.78, 5) is 1.42. The molecule has 1 aliphatic carbocycles. The Morgan fingerprint density at radius 1 is 1.44 bits per heavy atom. The molecule has 1 aromatic heterocycles. The van der Waals surface area contributed by atoms with Crippen LogP contribution in [0.15, 0.2) is 11.4 Å². The fraction of sp³-hybridized carbons (Fsp3) is 0.714. The molecule has 16 heavy (non-hydrogen) atoms. The maximum absolute atomic E-state index is 6.28. The van der Waals surface area contributed by atoms with Crippen molar-refractivity contribution < 1.29 is 0 Å². The van der Waals surface area contributed by atoms with Crippen LogP contribution in [0.4, 0.5) is 0 Å². The van der Waals surface area contributed by atoms with E-state index in [2.05, 4.69) is 25.3 Å². The highest BCUT2D eigenvalue weighted by Gasteiger charge is 2.29. The van der Waals surface area contributed by atoms with Crippen molar-refractivity contribution in [3.8, 4) is 0 Å². The Labute approximate surface area is 103 Å². The first-order valence-corrected chi connectivity index (χ1v) is 7.39. The maximum Gasteiger partial charge on any atom is 0.0108 e. The zero-order valence-electron chi connectivity index (χ0n) is 10.4. The molecule has 3 atom stereocenters. The fourth-order valence-corrected chi connectivity index (χ4v) is 3.76. The normalized spacial score (nSPS) is 30.6. The third-order valence-electron chi connectivity index (χ3n) is 3.89. The van der Waals surface area contributed by atoms with Gasteiger partial charge in [-0.25, -0.2) is 0 Å². The van der Waals surface area contributed by atoms with E-state index >= 15 is 0 Å². The van der Waals surface area contributed by atoms with E-state index in [1.54, 1.807) is 0 Å². The number of hydrogen-bond acceptors (Lipinski definition) is 2. The highest BCUT2D eigenvalue weighted by atomic mass is 32.1. The molecule has 1 heterocycles. The van der Waals surface area contributed by atoms with Crippen LogP contribution in [-0.4, -0.2) is 6.04 Å². The van der Waals surface area contributed by atoms with Crippen LogP contribution in [0.2, 0.25) is 0 Å². The summed E-state index contributed by atoms with van der Waals surface area (Å²) in [7, 11) is 0. The Hall–Kier alpha value is -0.340. The van der Waals surface area contributed by atoms with E-state index in [0.29, 0.717) is 12.0 Å². The zero-order valence-corrected chi connectivity index (χ0v) is 11.2. The van der Waals surface area contributed by atoms with Crippen molar-refractivity contribution in [2.45, 2.75) is 57.9 Å². The van der Waals surface area contributed by atoms with Gasteiger partial charge in [-0.2, -0.15) is 0 Å². The van der Waals surface area contributed by atoms with Crippen LogP contribution in [0.25, 0.3) is 0 Å². The molecule has 2 heteroatoms. The number of thiophene rings is 1. The van der Waals surface area contributed by atoms with Crippen molar-refractivity contribution in [1.29, 1.82) is 0 Å². The van der Waals surface area contributed by atoms with Gasteiger partial charge in [0.25, 0.3) is 0 Å². The summed E-state index contributed by atoms with van der Waals surface area (Å²) in [6.07, 6.45) is 6.56. The minimum Gasteiger partial charge on any atom is -0.327 e. The average molecular weight is 237 g/mol. The van der Waals surface area contributed by atoms with E-state index in [4.69, 9.17) is 5.73 Å². The summed E-state index contributed by atoms with van der Waals surface area (Å²) in [5.74, 6) is 1.53. The second-order valence-electron chi connectivity index (χ2n) is 5.23. The van der Waals surface area contributed by atoms with E-state index in [0.717, 1.165) is 5.92 Å². The summed E-state index contributed by atoms with van der Waals surface area (Å²) in [6.45, 7) is 4.48. The molecule has 0 amide bonds. The Bertz CT molecular complexity index is 331. The van der Waals surface area contributed by atoms with Crippen molar-refractivity contribution >= 4 is 11.3 Å². The molecule has 0 radical (unpaired) electrons. The maximum atomic E-state index is 6.28. The largest absolute Gasteiger partial charge is 0.327 e. The summed E-state index contributed by atoms with van der Waals surface area (Å²) < 4.78 is 0.